The van der Waals surface area contributed by atoms with Gasteiger partial charge in [0.2, 0.25) is 0 Å². The van der Waals surface area contributed by atoms with Gasteiger partial charge in [0.15, 0.2) is 0 Å². The predicted molar refractivity (Wildman–Crippen MR) is 51.0 cm³/mol. The summed E-state index contributed by atoms with van der Waals surface area (Å²) < 4.78 is 0. The van der Waals surface area contributed by atoms with E-state index in [0.717, 1.165) is 12.4 Å². The van der Waals surface area contributed by atoms with Gasteiger partial charge < -0.3 is 11.1 Å². The molecule has 0 aromatic carbocycles. The van der Waals surface area contributed by atoms with Gasteiger partial charge in [-0.1, -0.05) is 19.8 Å². The van der Waals surface area contributed by atoms with Crippen LogP contribution in [0.3, 0.4) is 0 Å². The molecule has 0 aliphatic carbocycles. The van der Waals surface area contributed by atoms with Crippen molar-refractivity contribution in [2.45, 2.75) is 26.2 Å². The summed E-state index contributed by atoms with van der Waals surface area (Å²) in [5.41, 5.74) is 6.29. The van der Waals surface area contributed by atoms with Crippen LogP contribution in [0.4, 0.5) is 11.5 Å². The third kappa shape index (κ3) is 2.45. The van der Waals surface area contributed by atoms with Crippen LogP contribution >= 0.6 is 0 Å². The van der Waals surface area contributed by atoms with Crippen LogP contribution in [0.25, 0.3) is 0 Å². The number of unbranched alkanes of at least 4 members (excludes halogenated alkanes) is 2. The number of nitrogens with two attached hydrogens (primary N) is 1. The average molecular weight is 168 g/mol. The van der Waals surface area contributed by atoms with E-state index in [2.05, 4.69) is 22.4 Å². The number of hydrogen-bond donors (Lipinski definition) is 3. The number of anilines is 2. The Kier molecular flexibility index (Phi) is 3.44. The molecule has 4 N–H and O–H groups in total. The van der Waals surface area contributed by atoms with Crippen LogP contribution in [0.2, 0.25) is 0 Å². The topological polar surface area (TPSA) is 66.7 Å². The predicted octanol–water partition coefficient (Wildman–Crippen LogP) is 1.59. The van der Waals surface area contributed by atoms with E-state index in [9.17, 15) is 0 Å². The number of nitrogens with one attached hydrogen (secondary N) is 2. The van der Waals surface area contributed by atoms with Gasteiger partial charge in [0, 0.05) is 6.54 Å². The van der Waals surface area contributed by atoms with Crippen molar-refractivity contribution in [1.82, 2.24) is 10.2 Å². The fraction of sp³-hybridized carbons (Fsp3) is 0.625. The minimum atomic E-state index is 0.687. The van der Waals surface area contributed by atoms with Crippen LogP contribution in [0, 0.1) is 0 Å². The van der Waals surface area contributed by atoms with Gasteiger partial charge in [-0.05, 0) is 6.42 Å². The van der Waals surface area contributed by atoms with E-state index in [1.54, 1.807) is 6.20 Å². The highest BCUT2D eigenvalue weighted by molar-refractivity contribution is 5.59. The first-order valence-electron chi connectivity index (χ1n) is 4.37. The van der Waals surface area contributed by atoms with E-state index in [-0.39, 0.29) is 0 Å². The third-order valence-electron chi connectivity index (χ3n) is 1.75. The van der Waals surface area contributed by atoms with Gasteiger partial charge in [0.1, 0.15) is 5.82 Å². The normalized spacial score (nSPS) is 10.1. The molecule has 12 heavy (non-hydrogen) atoms. The van der Waals surface area contributed by atoms with Crippen LogP contribution < -0.4 is 11.1 Å². The van der Waals surface area contributed by atoms with Crippen molar-refractivity contribution in [3.8, 4) is 0 Å². The molecule has 4 heteroatoms. The fourth-order valence-electron chi connectivity index (χ4n) is 1.03. The van der Waals surface area contributed by atoms with Crippen LogP contribution in [0.15, 0.2) is 6.20 Å². The Labute approximate surface area is 72.5 Å². The van der Waals surface area contributed by atoms with E-state index in [1.807, 2.05) is 0 Å². The summed E-state index contributed by atoms with van der Waals surface area (Å²) in [6, 6.07) is 0. The lowest BCUT2D eigenvalue weighted by Gasteiger charge is -2.02. The quantitative estimate of drug-likeness (QED) is 0.585. The molecule has 1 heterocycles. The first kappa shape index (κ1) is 8.90. The maximum absolute atomic E-state index is 5.60. The maximum Gasteiger partial charge on any atom is 0.145 e. The molecule has 68 valence electrons. The van der Waals surface area contributed by atoms with Crippen molar-refractivity contribution < 1.29 is 0 Å². The minimum absolute atomic E-state index is 0.687. The first-order valence-corrected chi connectivity index (χ1v) is 4.37. The largest absolute Gasteiger partial charge is 0.394 e. The lowest BCUT2D eigenvalue weighted by Crippen LogP contribution is -2.03. The van der Waals surface area contributed by atoms with Crippen molar-refractivity contribution in [2.75, 3.05) is 17.6 Å². The number of rotatable bonds is 5. The SMILES string of the molecule is CCCCCNc1[nH]ncc1N. The van der Waals surface area contributed by atoms with Gasteiger partial charge in [-0.25, -0.2) is 0 Å². The van der Waals surface area contributed by atoms with Crippen molar-refractivity contribution in [1.29, 1.82) is 0 Å². The summed E-state index contributed by atoms with van der Waals surface area (Å²) in [7, 11) is 0. The molecule has 1 aromatic heterocycles. The van der Waals surface area contributed by atoms with Gasteiger partial charge in [0.25, 0.3) is 0 Å². The third-order valence-corrected chi connectivity index (χ3v) is 1.75. The van der Waals surface area contributed by atoms with Crippen molar-refractivity contribution in [3.05, 3.63) is 6.20 Å². The van der Waals surface area contributed by atoms with E-state index >= 15 is 0 Å². The number of H-pyrrole nitrogens is 1. The second-order valence-corrected chi connectivity index (χ2v) is 2.83. The summed E-state index contributed by atoms with van der Waals surface area (Å²) in [6.07, 6.45) is 5.28. The van der Waals surface area contributed by atoms with E-state index in [0.29, 0.717) is 5.69 Å². The summed E-state index contributed by atoms with van der Waals surface area (Å²) in [5, 5.41) is 9.79. The van der Waals surface area contributed by atoms with Gasteiger partial charge >= 0.3 is 0 Å². The second-order valence-electron chi connectivity index (χ2n) is 2.83. The molecule has 1 aromatic rings. The number of aromatic amines is 1. The highest BCUT2D eigenvalue weighted by atomic mass is 15.2. The van der Waals surface area contributed by atoms with Gasteiger partial charge in [-0.3, -0.25) is 5.10 Å². The molecule has 0 saturated carbocycles. The molecular weight excluding hydrogens is 152 g/mol. The molecule has 0 saturated heterocycles. The molecular formula is C8H16N4. The molecule has 0 spiro atoms. The molecule has 0 atom stereocenters. The molecule has 0 amide bonds. The highest BCUT2D eigenvalue weighted by Gasteiger charge is 1.97. The van der Waals surface area contributed by atoms with Crippen LogP contribution in [0.1, 0.15) is 26.2 Å². The zero-order valence-electron chi connectivity index (χ0n) is 7.43. The molecule has 0 aliphatic heterocycles. The van der Waals surface area contributed by atoms with E-state index in [4.69, 9.17) is 5.73 Å². The molecule has 0 unspecified atom stereocenters. The molecule has 0 radical (unpaired) electrons. The number of nitrogen functional groups attached to an aromatic ring is 1. The van der Waals surface area contributed by atoms with Crippen LogP contribution in [0.5, 0.6) is 0 Å². The van der Waals surface area contributed by atoms with Crippen molar-refractivity contribution in [3.63, 3.8) is 0 Å². The summed E-state index contributed by atoms with van der Waals surface area (Å²) >= 11 is 0. The Balaban J connectivity index is 2.20. The van der Waals surface area contributed by atoms with Gasteiger partial charge in [-0.2, -0.15) is 5.10 Å². The molecule has 1 rings (SSSR count). The smallest absolute Gasteiger partial charge is 0.145 e. The molecule has 0 fully saturated rings. The Morgan fingerprint density at radius 2 is 2.42 bits per heavy atom. The van der Waals surface area contributed by atoms with Crippen molar-refractivity contribution in [2.24, 2.45) is 0 Å². The lowest BCUT2D eigenvalue weighted by molar-refractivity contribution is 0.742. The highest BCUT2D eigenvalue weighted by Crippen LogP contribution is 2.11. The Morgan fingerprint density at radius 1 is 1.58 bits per heavy atom. The van der Waals surface area contributed by atoms with Gasteiger partial charge in [0.05, 0.1) is 11.9 Å². The standard InChI is InChI=1S/C8H16N4/c1-2-3-4-5-10-8-7(9)6-11-12-8/h6H,2-5,9H2,1H3,(H2,10,11,12). The van der Waals surface area contributed by atoms with Crippen LogP contribution in [-0.4, -0.2) is 16.7 Å². The molecule has 0 aliphatic rings. The van der Waals surface area contributed by atoms with E-state index < -0.39 is 0 Å². The Morgan fingerprint density at radius 3 is 3.00 bits per heavy atom. The summed E-state index contributed by atoms with van der Waals surface area (Å²) in [6.45, 7) is 3.14. The summed E-state index contributed by atoms with van der Waals surface area (Å²) in [4.78, 5) is 0. The molecule has 4 nitrogen and oxygen atoms in total. The number of hydrogen-bond acceptors (Lipinski definition) is 3. The minimum Gasteiger partial charge on any atom is -0.394 e. The Hall–Kier alpha value is -1.19. The fourth-order valence-corrected chi connectivity index (χ4v) is 1.03. The maximum atomic E-state index is 5.60. The summed E-state index contributed by atoms with van der Waals surface area (Å²) in [5.74, 6) is 0.839. The number of aromatic nitrogens is 2. The molecule has 0 bridgehead atoms. The van der Waals surface area contributed by atoms with E-state index in [1.165, 1.54) is 19.3 Å². The monoisotopic (exact) mass is 168 g/mol. The zero-order chi connectivity index (χ0) is 8.81. The lowest BCUT2D eigenvalue weighted by atomic mass is 10.2. The zero-order valence-corrected chi connectivity index (χ0v) is 7.43. The number of nitrogens with zero attached hydrogens (tertiary/aromatic N) is 1. The van der Waals surface area contributed by atoms with Gasteiger partial charge in [-0.15, -0.1) is 0 Å². The second kappa shape index (κ2) is 4.64. The Bertz CT molecular complexity index is 219. The first-order chi connectivity index (χ1) is 5.84. The average Bonchev–Trinajstić information content (AvgIpc) is 2.46. The van der Waals surface area contributed by atoms with Crippen LogP contribution in [-0.2, 0) is 0 Å². The van der Waals surface area contributed by atoms with Crippen molar-refractivity contribution >= 4 is 11.5 Å².